The van der Waals surface area contributed by atoms with Crippen molar-refractivity contribution in [2.75, 3.05) is 5.32 Å². The molecule has 0 aliphatic rings. The Balaban J connectivity index is 1.70. The minimum atomic E-state index is -0.303. The van der Waals surface area contributed by atoms with Crippen LogP contribution in [0.2, 0.25) is 5.02 Å². The Labute approximate surface area is 178 Å². The number of nitrogens with one attached hydrogen (secondary N) is 1. The van der Waals surface area contributed by atoms with Crippen molar-refractivity contribution in [3.63, 3.8) is 0 Å². The van der Waals surface area contributed by atoms with Crippen LogP contribution in [0.15, 0.2) is 59.4 Å². The van der Waals surface area contributed by atoms with Crippen LogP contribution in [0.3, 0.4) is 0 Å². The van der Waals surface area contributed by atoms with Gasteiger partial charge in [-0.3, -0.25) is 9.59 Å². The number of rotatable bonds is 5. The SMILES string of the molecule is CCc1ccccc1NC(=O)Cn1c(C)cc(=O)n2nc(-c3ccc(Cl)cc3)nc12. The van der Waals surface area contributed by atoms with Crippen LogP contribution in [-0.4, -0.2) is 25.1 Å². The van der Waals surface area contributed by atoms with Gasteiger partial charge in [0.15, 0.2) is 5.82 Å². The molecule has 0 atom stereocenters. The lowest BCUT2D eigenvalue weighted by atomic mass is 10.1. The minimum absolute atomic E-state index is 0.00636. The molecule has 2 aromatic heterocycles. The number of carbonyl (C=O) groups is 1. The molecule has 4 rings (SSSR count). The first-order valence-corrected chi connectivity index (χ1v) is 9.95. The molecule has 152 valence electrons. The first-order valence-electron chi connectivity index (χ1n) is 9.57. The van der Waals surface area contributed by atoms with Crippen LogP contribution in [0.5, 0.6) is 0 Å². The maximum atomic E-state index is 12.8. The van der Waals surface area contributed by atoms with Crippen LogP contribution >= 0.6 is 11.6 Å². The van der Waals surface area contributed by atoms with E-state index in [-0.39, 0.29) is 18.0 Å². The van der Waals surface area contributed by atoms with E-state index in [9.17, 15) is 9.59 Å². The highest BCUT2D eigenvalue weighted by molar-refractivity contribution is 6.30. The summed E-state index contributed by atoms with van der Waals surface area (Å²) in [5, 5.41) is 7.88. The number of halogens is 1. The Morgan fingerprint density at radius 1 is 1.13 bits per heavy atom. The standard InChI is InChI=1S/C22H20ClN5O2/c1-3-15-6-4-5-7-18(15)24-19(29)13-27-14(2)12-20(30)28-22(27)25-21(26-28)16-8-10-17(23)11-9-16/h4-12H,3,13H2,1-2H3,(H,24,29). The summed E-state index contributed by atoms with van der Waals surface area (Å²) in [6.07, 6.45) is 0.812. The van der Waals surface area contributed by atoms with E-state index in [1.165, 1.54) is 10.6 Å². The Morgan fingerprint density at radius 3 is 2.60 bits per heavy atom. The summed E-state index contributed by atoms with van der Waals surface area (Å²) in [5.74, 6) is 0.490. The summed E-state index contributed by atoms with van der Waals surface area (Å²) in [5.41, 5.74) is 2.89. The zero-order valence-electron chi connectivity index (χ0n) is 16.6. The van der Waals surface area contributed by atoms with E-state index in [2.05, 4.69) is 15.4 Å². The Kier molecular flexibility index (Phi) is 5.37. The van der Waals surface area contributed by atoms with Crippen LogP contribution in [-0.2, 0) is 17.8 Å². The minimum Gasteiger partial charge on any atom is -0.324 e. The van der Waals surface area contributed by atoms with E-state index in [0.29, 0.717) is 22.3 Å². The third-order valence-corrected chi connectivity index (χ3v) is 5.13. The number of nitrogens with zero attached hydrogens (tertiary/aromatic N) is 4. The molecule has 0 aliphatic heterocycles. The van der Waals surface area contributed by atoms with Crippen molar-refractivity contribution < 1.29 is 4.79 Å². The fraction of sp³-hybridized carbons (Fsp3) is 0.182. The number of anilines is 1. The highest BCUT2D eigenvalue weighted by Crippen LogP contribution is 2.19. The summed E-state index contributed by atoms with van der Waals surface area (Å²) in [7, 11) is 0. The highest BCUT2D eigenvalue weighted by Gasteiger charge is 2.16. The summed E-state index contributed by atoms with van der Waals surface area (Å²) < 4.78 is 2.89. The number of hydrogen-bond donors (Lipinski definition) is 1. The topological polar surface area (TPSA) is 81.3 Å². The second-order valence-corrected chi connectivity index (χ2v) is 7.36. The van der Waals surface area contributed by atoms with Crippen molar-refractivity contribution in [1.82, 2.24) is 19.2 Å². The lowest BCUT2D eigenvalue weighted by Crippen LogP contribution is -2.25. The van der Waals surface area contributed by atoms with Crippen molar-refractivity contribution in [3.8, 4) is 11.4 Å². The van der Waals surface area contributed by atoms with Gasteiger partial charge in [-0.05, 0) is 49.2 Å². The van der Waals surface area contributed by atoms with Gasteiger partial charge in [0.25, 0.3) is 5.56 Å². The van der Waals surface area contributed by atoms with Gasteiger partial charge in [0.2, 0.25) is 11.7 Å². The second kappa shape index (κ2) is 8.12. The van der Waals surface area contributed by atoms with Crippen molar-refractivity contribution in [1.29, 1.82) is 0 Å². The van der Waals surface area contributed by atoms with Gasteiger partial charge in [-0.25, -0.2) is 0 Å². The molecule has 1 amide bonds. The molecule has 0 bridgehead atoms. The highest BCUT2D eigenvalue weighted by atomic mass is 35.5. The van der Waals surface area contributed by atoms with Crippen molar-refractivity contribution >= 4 is 29.0 Å². The summed E-state index contributed by atoms with van der Waals surface area (Å²) in [4.78, 5) is 29.7. The smallest absolute Gasteiger partial charge is 0.275 e. The number of aromatic nitrogens is 4. The molecule has 0 saturated heterocycles. The number of aryl methyl sites for hydroxylation is 2. The van der Waals surface area contributed by atoms with Gasteiger partial charge >= 0.3 is 0 Å². The van der Waals surface area contributed by atoms with E-state index in [0.717, 1.165) is 23.2 Å². The van der Waals surface area contributed by atoms with Gasteiger partial charge in [0.05, 0.1) is 0 Å². The van der Waals surface area contributed by atoms with E-state index < -0.39 is 0 Å². The second-order valence-electron chi connectivity index (χ2n) is 6.92. The zero-order valence-corrected chi connectivity index (χ0v) is 17.3. The van der Waals surface area contributed by atoms with Gasteiger partial charge in [0, 0.05) is 28.0 Å². The molecule has 0 fully saturated rings. The van der Waals surface area contributed by atoms with Gasteiger partial charge < -0.3 is 9.88 Å². The predicted molar refractivity (Wildman–Crippen MR) is 117 cm³/mol. The third kappa shape index (κ3) is 3.84. The van der Waals surface area contributed by atoms with Crippen LogP contribution in [0.4, 0.5) is 5.69 Å². The fourth-order valence-corrected chi connectivity index (χ4v) is 3.43. The average molecular weight is 422 g/mol. The quantitative estimate of drug-likeness (QED) is 0.532. The van der Waals surface area contributed by atoms with E-state index in [1.54, 1.807) is 35.8 Å². The molecule has 0 unspecified atom stereocenters. The van der Waals surface area contributed by atoms with Crippen molar-refractivity contribution in [2.45, 2.75) is 26.8 Å². The molecule has 0 spiro atoms. The van der Waals surface area contributed by atoms with Crippen molar-refractivity contribution in [2.24, 2.45) is 0 Å². The summed E-state index contributed by atoms with van der Waals surface area (Å²) >= 11 is 5.95. The predicted octanol–water partition coefficient (Wildman–Crippen LogP) is 3.72. The first-order chi connectivity index (χ1) is 14.5. The Bertz CT molecular complexity index is 1290. The number of hydrogen-bond acceptors (Lipinski definition) is 4. The average Bonchev–Trinajstić information content (AvgIpc) is 3.18. The van der Waals surface area contributed by atoms with E-state index in [4.69, 9.17) is 11.6 Å². The van der Waals surface area contributed by atoms with Gasteiger partial charge in [-0.15, -0.1) is 5.10 Å². The summed E-state index contributed by atoms with van der Waals surface area (Å²) in [6.45, 7) is 3.81. The van der Waals surface area contributed by atoms with Crippen LogP contribution in [0.1, 0.15) is 18.2 Å². The van der Waals surface area contributed by atoms with Gasteiger partial charge in [-0.1, -0.05) is 36.7 Å². The number of fused-ring (bicyclic) bond motifs is 1. The van der Waals surface area contributed by atoms with E-state index >= 15 is 0 Å². The van der Waals surface area contributed by atoms with Crippen molar-refractivity contribution in [3.05, 3.63) is 81.2 Å². The van der Waals surface area contributed by atoms with Crippen LogP contribution < -0.4 is 10.9 Å². The maximum Gasteiger partial charge on any atom is 0.275 e. The molecule has 1 N–H and O–H groups in total. The van der Waals surface area contributed by atoms with Crippen LogP contribution in [0.25, 0.3) is 17.2 Å². The molecule has 2 aromatic carbocycles. The molecule has 8 heteroatoms. The number of amides is 1. The molecule has 2 heterocycles. The fourth-order valence-electron chi connectivity index (χ4n) is 3.30. The molecule has 7 nitrogen and oxygen atoms in total. The third-order valence-electron chi connectivity index (χ3n) is 4.87. The first kappa shape index (κ1) is 19.8. The van der Waals surface area contributed by atoms with E-state index in [1.807, 2.05) is 31.2 Å². The molecular weight excluding hydrogens is 402 g/mol. The molecule has 0 radical (unpaired) electrons. The van der Waals surface area contributed by atoms with Gasteiger partial charge in [0.1, 0.15) is 6.54 Å². The monoisotopic (exact) mass is 421 g/mol. The molecule has 30 heavy (non-hydrogen) atoms. The number of para-hydroxylation sites is 1. The number of carbonyl (C=O) groups excluding carboxylic acids is 1. The molecular formula is C22H20ClN5O2. The van der Waals surface area contributed by atoms with Crippen LogP contribution in [0, 0.1) is 6.92 Å². The maximum absolute atomic E-state index is 12.8. The molecule has 4 aromatic rings. The molecule has 0 aliphatic carbocycles. The Morgan fingerprint density at radius 2 is 1.87 bits per heavy atom. The Hall–Kier alpha value is -3.45. The van der Waals surface area contributed by atoms with Gasteiger partial charge in [-0.2, -0.15) is 9.50 Å². The lowest BCUT2D eigenvalue weighted by Gasteiger charge is -2.13. The summed E-state index contributed by atoms with van der Waals surface area (Å²) in [6, 6.07) is 16.2. The number of benzene rings is 2. The lowest BCUT2D eigenvalue weighted by molar-refractivity contribution is -0.116. The zero-order chi connectivity index (χ0) is 21.3. The normalized spacial score (nSPS) is 11.0. The molecule has 0 saturated carbocycles. The largest absolute Gasteiger partial charge is 0.324 e.